The summed E-state index contributed by atoms with van der Waals surface area (Å²) in [4.78, 5) is 36.1. The van der Waals surface area contributed by atoms with Gasteiger partial charge in [0.1, 0.15) is 6.04 Å². The molecular formula is C16H21N3O3. The number of hydrogen-bond donors (Lipinski definition) is 3. The Balaban J connectivity index is 1.97. The number of nitrogens with one attached hydrogen (secondary N) is 3. The van der Waals surface area contributed by atoms with E-state index in [0.717, 1.165) is 6.42 Å². The van der Waals surface area contributed by atoms with Crippen LogP contribution in [0.25, 0.3) is 0 Å². The van der Waals surface area contributed by atoms with Crippen LogP contribution in [-0.2, 0) is 9.59 Å². The van der Waals surface area contributed by atoms with Crippen molar-refractivity contribution in [3.8, 4) is 0 Å². The fraction of sp³-hybridized carbons (Fsp3) is 0.438. The van der Waals surface area contributed by atoms with Crippen LogP contribution in [-0.4, -0.2) is 30.3 Å². The van der Waals surface area contributed by atoms with Gasteiger partial charge in [-0.25, -0.2) is 0 Å². The third-order valence-electron chi connectivity index (χ3n) is 3.48. The van der Waals surface area contributed by atoms with Crippen molar-refractivity contribution >= 4 is 23.4 Å². The minimum atomic E-state index is -0.862. The van der Waals surface area contributed by atoms with E-state index in [1.165, 1.54) is 0 Å². The van der Waals surface area contributed by atoms with Crippen LogP contribution < -0.4 is 16.0 Å². The third-order valence-corrected chi connectivity index (χ3v) is 3.48. The predicted octanol–water partition coefficient (Wildman–Crippen LogP) is 1.29. The molecule has 1 aromatic carbocycles. The van der Waals surface area contributed by atoms with Gasteiger partial charge in [0, 0.05) is 6.54 Å². The second-order valence-corrected chi connectivity index (χ2v) is 5.80. The number of carbonyl (C=O) groups excluding carboxylic acids is 3. The van der Waals surface area contributed by atoms with Gasteiger partial charge in [0.15, 0.2) is 0 Å². The highest BCUT2D eigenvalue weighted by atomic mass is 16.2. The standard InChI is InChI=1S/C16H21N3O3/c1-10(2)7-8-17-14(20)9-13-16(22)18-12-6-4-3-5-11(12)15(21)19-13/h3-6,10,13H,7-9H2,1-2H3,(H,17,20)(H,18,22)(H,19,21)/t13-/m1/s1. The Bertz CT molecular complexity index is 584. The lowest BCUT2D eigenvalue weighted by Crippen LogP contribution is -2.44. The minimum Gasteiger partial charge on any atom is -0.356 e. The first-order valence-electron chi connectivity index (χ1n) is 7.45. The molecule has 0 bridgehead atoms. The Labute approximate surface area is 129 Å². The summed E-state index contributed by atoms with van der Waals surface area (Å²) in [7, 11) is 0. The number of amides is 3. The zero-order valence-corrected chi connectivity index (χ0v) is 12.8. The van der Waals surface area contributed by atoms with Gasteiger partial charge >= 0.3 is 0 Å². The quantitative estimate of drug-likeness (QED) is 0.766. The van der Waals surface area contributed by atoms with E-state index in [9.17, 15) is 14.4 Å². The molecule has 118 valence electrons. The number of rotatable bonds is 5. The summed E-state index contributed by atoms with van der Waals surface area (Å²) in [6.45, 7) is 4.71. The molecule has 6 nitrogen and oxygen atoms in total. The SMILES string of the molecule is CC(C)CCNC(=O)C[C@H]1NC(=O)c2ccccc2NC1=O. The van der Waals surface area contributed by atoms with Crippen molar-refractivity contribution < 1.29 is 14.4 Å². The predicted molar refractivity (Wildman–Crippen MR) is 83.4 cm³/mol. The summed E-state index contributed by atoms with van der Waals surface area (Å²) in [5.41, 5.74) is 0.867. The van der Waals surface area contributed by atoms with Gasteiger partial charge in [-0.05, 0) is 24.5 Å². The summed E-state index contributed by atoms with van der Waals surface area (Å²) in [6, 6.07) is 5.90. The van der Waals surface area contributed by atoms with Crippen LogP contribution in [0.3, 0.4) is 0 Å². The Morgan fingerprint density at radius 2 is 2.00 bits per heavy atom. The number of anilines is 1. The monoisotopic (exact) mass is 303 g/mol. The van der Waals surface area contributed by atoms with Crippen LogP contribution in [0.5, 0.6) is 0 Å². The van der Waals surface area contributed by atoms with Crippen molar-refractivity contribution in [2.24, 2.45) is 5.92 Å². The highest BCUT2D eigenvalue weighted by molar-refractivity contribution is 6.10. The lowest BCUT2D eigenvalue weighted by atomic mass is 10.1. The van der Waals surface area contributed by atoms with Crippen LogP contribution in [0.4, 0.5) is 5.69 Å². The van der Waals surface area contributed by atoms with Crippen LogP contribution in [0.1, 0.15) is 37.0 Å². The Kier molecular flexibility index (Phi) is 5.14. The zero-order valence-electron chi connectivity index (χ0n) is 12.8. The molecule has 1 aromatic rings. The van der Waals surface area contributed by atoms with Crippen molar-refractivity contribution in [1.29, 1.82) is 0 Å². The summed E-state index contributed by atoms with van der Waals surface area (Å²) in [6.07, 6.45) is 0.810. The minimum absolute atomic E-state index is 0.0658. The van der Waals surface area contributed by atoms with E-state index in [4.69, 9.17) is 0 Å². The molecule has 3 amide bonds. The van der Waals surface area contributed by atoms with Gasteiger partial charge in [0.25, 0.3) is 5.91 Å². The molecule has 0 fully saturated rings. The molecule has 0 aromatic heterocycles. The normalized spacial score (nSPS) is 17.3. The molecule has 1 aliphatic rings. The molecule has 0 saturated heterocycles. The zero-order chi connectivity index (χ0) is 16.1. The van der Waals surface area contributed by atoms with Crippen LogP contribution in [0.15, 0.2) is 24.3 Å². The molecule has 0 spiro atoms. The molecule has 1 aliphatic heterocycles. The molecule has 1 heterocycles. The highest BCUT2D eigenvalue weighted by Gasteiger charge is 2.29. The topological polar surface area (TPSA) is 87.3 Å². The van der Waals surface area contributed by atoms with E-state index in [1.54, 1.807) is 24.3 Å². The fourth-order valence-electron chi connectivity index (χ4n) is 2.21. The Hall–Kier alpha value is -2.37. The second-order valence-electron chi connectivity index (χ2n) is 5.80. The van der Waals surface area contributed by atoms with Crippen LogP contribution >= 0.6 is 0 Å². The van der Waals surface area contributed by atoms with E-state index in [0.29, 0.717) is 23.7 Å². The summed E-state index contributed by atoms with van der Waals surface area (Å²) in [5, 5.41) is 8.05. The fourth-order valence-corrected chi connectivity index (χ4v) is 2.21. The smallest absolute Gasteiger partial charge is 0.254 e. The van der Waals surface area contributed by atoms with Gasteiger partial charge in [-0.1, -0.05) is 26.0 Å². The lowest BCUT2D eigenvalue weighted by Gasteiger charge is -2.14. The van der Waals surface area contributed by atoms with E-state index in [1.807, 2.05) is 0 Å². The van der Waals surface area contributed by atoms with Crippen molar-refractivity contribution in [2.45, 2.75) is 32.7 Å². The van der Waals surface area contributed by atoms with E-state index < -0.39 is 6.04 Å². The van der Waals surface area contributed by atoms with Crippen molar-refractivity contribution in [3.63, 3.8) is 0 Å². The second kappa shape index (κ2) is 7.06. The maximum Gasteiger partial charge on any atom is 0.254 e. The molecule has 22 heavy (non-hydrogen) atoms. The average molecular weight is 303 g/mol. The summed E-state index contributed by atoms with van der Waals surface area (Å²) >= 11 is 0. The van der Waals surface area contributed by atoms with E-state index >= 15 is 0 Å². The maximum absolute atomic E-state index is 12.1. The van der Waals surface area contributed by atoms with Crippen molar-refractivity contribution in [3.05, 3.63) is 29.8 Å². The van der Waals surface area contributed by atoms with E-state index in [2.05, 4.69) is 29.8 Å². The van der Waals surface area contributed by atoms with E-state index in [-0.39, 0.29) is 24.1 Å². The van der Waals surface area contributed by atoms with Crippen molar-refractivity contribution in [2.75, 3.05) is 11.9 Å². The maximum atomic E-state index is 12.1. The molecular weight excluding hydrogens is 282 g/mol. The lowest BCUT2D eigenvalue weighted by molar-refractivity contribution is -0.125. The molecule has 0 aliphatic carbocycles. The van der Waals surface area contributed by atoms with Gasteiger partial charge in [-0.15, -0.1) is 0 Å². The van der Waals surface area contributed by atoms with Gasteiger partial charge in [0.2, 0.25) is 11.8 Å². The van der Waals surface area contributed by atoms with Crippen LogP contribution in [0.2, 0.25) is 0 Å². The summed E-state index contributed by atoms with van der Waals surface area (Å²) in [5.74, 6) is -0.478. The first-order valence-corrected chi connectivity index (χ1v) is 7.45. The van der Waals surface area contributed by atoms with Gasteiger partial charge < -0.3 is 16.0 Å². The Morgan fingerprint density at radius 3 is 2.73 bits per heavy atom. The summed E-state index contributed by atoms with van der Waals surface area (Å²) < 4.78 is 0. The highest BCUT2D eigenvalue weighted by Crippen LogP contribution is 2.18. The number of para-hydroxylation sites is 1. The Morgan fingerprint density at radius 1 is 1.27 bits per heavy atom. The molecule has 0 radical (unpaired) electrons. The van der Waals surface area contributed by atoms with Crippen LogP contribution in [0, 0.1) is 5.92 Å². The molecule has 3 N–H and O–H groups in total. The number of carbonyl (C=O) groups is 3. The first-order chi connectivity index (χ1) is 10.5. The molecule has 0 unspecified atom stereocenters. The number of benzene rings is 1. The average Bonchev–Trinajstić information content (AvgIpc) is 2.57. The van der Waals surface area contributed by atoms with Crippen molar-refractivity contribution in [1.82, 2.24) is 10.6 Å². The molecule has 2 rings (SSSR count). The first kappa shape index (κ1) is 16.0. The number of fused-ring (bicyclic) bond motifs is 1. The molecule has 0 saturated carbocycles. The number of hydrogen-bond acceptors (Lipinski definition) is 3. The van der Waals surface area contributed by atoms with Gasteiger partial charge in [-0.2, -0.15) is 0 Å². The van der Waals surface area contributed by atoms with Gasteiger partial charge in [-0.3, -0.25) is 14.4 Å². The molecule has 1 atom stereocenters. The largest absolute Gasteiger partial charge is 0.356 e. The molecule has 6 heteroatoms. The third kappa shape index (κ3) is 4.07. The van der Waals surface area contributed by atoms with Gasteiger partial charge in [0.05, 0.1) is 17.7 Å².